The van der Waals surface area contributed by atoms with E-state index in [4.69, 9.17) is 10.2 Å². The van der Waals surface area contributed by atoms with Gasteiger partial charge in [0.25, 0.3) is 0 Å². The first-order valence-corrected chi connectivity index (χ1v) is 3.04. The largest absolute Gasteiger partial charge is 0.365 e. The lowest BCUT2D eigenvalue weighted by Gasteiger charge is -2.16. The molecule has 0 radical (unpaired) electrons. The smallest absolute Gasteiger partial charge is 0.209 e. The predicted octanol–water partition coefficient (Wildman–Crippen LogP) is -0.256. The lowest BCUT2D eigenvalue weighted by molar-refractivity contribution is -0.486. The molecule has 0 atom stereocenters. The summed E-state index contributed by atoms with van der Waals surface area (Å²) in [7, 11) is 0. The second-order valence-electron chi connectivity index (χ2n) is 2.14. The Kier molecular flexibility index (Phi) is 3.24. The molecule has 0 aromatic rings. The average Bonchev–Trinajstić information content (AvgIpc) is 1.85. The molecule has 10 heavy (non-hydrogen) atoms. The van der Waals surface area contributed by atoms with Gasteiger partial charge in [-0.25, -0.2) is 0 Å². The standard InChI is InChI=1S/C5H11NO4/c1-2-5(7,8)3-4-6(9)10/h7-8H,2-4H2,1H3. The molecular formula is C5H11NO4. The predicted molar refractivity (Wildman–Crippen MR) is 33.9 cm³/mol. The first kappa shape index (κ1) is 9.32. The summed E-state index contributed by atoms with van der Waals surface area (Å²) in [5.74, 6) is -1.87. The summed E-state index contributed by atoms with van der Waals surface area (Å²) in [5, 5.41) is 27.4. The van der Waals surface area contributed by atoms with Crippen LogP contribution in [-0.2, 0) is 0 Å². The minimum atomic E-state index is -1.87. The first-order chi connectivity index (χ1) is 4.48. The summed E-state index contributed by atoms with van der Waals surface area (Å²) < 4.78 is 0. The molecule has 0 amide bonds. The number of hydrogen-bond acceptors (Lipinski definition) is 4. The van der Waals surface area contributed by atoms with Crippen LogP contribution in [0.5, 0.6) is 0 Å². The van der Waals surface area contributed by atoms with Gasteiger partial charge in [0.05, 0.1) is 6.42 Å². The summed E-state index contributed by atoms with van der Waals surface area (Å²) in [4.78, 5) is 9.17. The van der Waals surface area contributed by atoms with Crippen LogP contribution in [0.25, 0.3) is 0 Å². The maximum Gasteiger partial charge on any atom is 0.209 e. The van der Waals surface area contributed by atoms with Gasteiger partial charge in [-0.2, -0.15) is 0 Å². The van der Waals surface area contributed by atoms with Gasteiger partial charge in [-0.15, -0.1) is 0 Å². The van der Waals surface area contributed by atoms with Crippen molar-refractivity contribution in [2.75, 3.05) is 6.54 Å². The zero-order valence-electron chi connectivity index (χ0n) is 5.78. The fourth-order valence-corrected chi connectivity index (χ4v) is 0.447. The van der Waals surface area contributed by atoms with Crippen molar-refractivity contribution in [2.24, 2.45) is 0 Å². The lowest BCUT2D eigenvalue weighted by atomic mass is 10.1. The van der Waals surface area contributed by atoms with Crippen LogP contribution < -0.4 is 0 Å². The number of aliphatic hydroxyl groups is 2. The molecule has 0 aliphatic rings. The van der Waals surface area contributed by atoms with Crippen LogP contribution in [0.2, 0.25) is 0 Å². The normalized spacial score (nSPS) is 11.5. The zero-order valence-corrected chi connectivity index (χ0v) is 5.78. The van der Waals surface area contributed by atoms with Crippen molar-refractivity contribution in [3.05, 3.63) is 10.1 Å². The highest BCUT2D eigenvalue weighted by atomic mass is 16.6. The van der Waals surface area contributed by atoms with Crippen molar-refractivity contribution in [1.82, 2.24) is 0 Å². The van der Waals surface area contributed by atoms with Gasteiger partial charge in [-0.1, -0.05) is 6.92 Å². The Bertz CT molecular complexity index is 123. The Morgan fingerprint density at radius 1 is 1.60 bits per heavy atom. The fourth-order valence-electron chi connectivity index (χ4n) is 0.447. The average molecular weight is 149 g/mol. The maximum absolute atomic E-state index is 9.75. The quantitative estimate of drug-likeness (QED) is 0.328. The van der Waals surface area contributed by atoms with Crippen LogP contribution in [-0.4, -0.2) is 27.5 Å². The molecule has 0 aliphatic heterocycles. The highest BCUT2D eigenvalue weighted by molar-refractivity contribution is 4.59. The highest BCUT2D eigenvalue weighted by Gasteiger charge is 2.22. The van der Waals surface area contributed by atoms with E-state index in [2.05, 4.69) is 0 Å². The third-order valence-electron chi connectivity index (χ3n) is 1.26. The van der Waals surface area contributed by atoms with Gasteiger partial charge < -0.3 is 10.2 Å². The molecule has 0 saturated heterocycles. The molecule has 5 nitrogen and oxygen atoms in total. The Morgan fingerprint density at radius 2 is 2.10 bits per heavy atom. The minimum Gasteiger partial charge on any atom is -0.365 e. The Hall–Kier alpha value is -0.680. The van der Waals surface area contributed by atoms with Crippen molar-refractivity contribution in [3.8, 4) is 0 Å². The van der Waals surface area contributed by atoms with E-state index in [-0.39, 0.29) is 12.8 Å². The van der Waals surface area contributed by atoms with Gasteiger partial charge in [-0.3, -0.25) is 10.1 Å². The fraction of sp³-hybridized carbons (Fsp3) is 1.00. The molecule has 0 aliphatic carbocycles. The number of hydrogen-bond donors (Lipinski definition) is 2. The van der Waals surface area contributed by atoms with Crippen LogP contribution in [0.3, 0.4) is 0 Å². The molecule has 0 spiro atoms. The topological polar surface area (TPSA) is 83.6 Å². The maximum atomic E-state index is 9.75. The molecule has 2 N–H and O–H groups in total. The van der Waals surface area contributed by atoms with E-state index in [9.17, 15) is 10.1 Å². The first-order valence-electron chi connectivity index (χ1n) is 3.04. The molecule has 0 fully saturated rings. The molecular weight excluding hydrogens is 138 g/mol. The van der Waals surface area contributed by atoms with Gasteiger partial charge in [0.2, 0.25) is 6.54 Å². The van der Waals surface area contributed by atoms with Crippen LogP contribution in [0.4, 0.5) is 0 Å². The molecule has 5 heteroatoms. The van der Waals surface area contributed by atoms with E-state index in [1.807, 2.05) is 0 Å². The second kappa shape index (κ2) is 3.48. The van der Waals surface area contributed by atoms with E-state index in [1.54, 1.807) is 6.92 Å². The Balaban J connectivity index is 3.56. The van der Waals surface area contributed by atoms with Gasteiger partial charge in [0.1, 0.15) is 0 Å². The van der Waals surface area contributed by atoms with E-state index < -0.39 is 17.3 Å². The van der Waals surface area contributed by atoms with Crippen LogP contribution in [0.1, 0.15) is 19.8 Å². The summed E-state index contributed by atoms with van der Waals surface area (Å²) in [5.41, 5.74) is 0. The third-order valence-corrected chi connectivity index (χ3v) is 1.26. The van der Waals surface area contributed by atoms with E-state index >= 15 is 0 Å². The summed E-state index contributed by atoms with van der Waals surface area (Å²) in [6.45, 7) is 1.15. The van der Waals surface area contributed by atoms with Gasteiger partial charge in [0, 0.05) is 4.92 Å². The molecule has 0 heterocycles. The van der Waals surface area contributed by atoms with Crippen molar-refractivity contribution in [2.45, 2.75) is 25.6 Å². The van der Waals surface area contributed by atoms with Crippen molar-refractivity contribution >= 4 is 0 Å². The van der Waals surface area contributed by atoms with Crippen molar-refractivity contribution in [1.29, 1.82) is 0 Å². The van der Waals surface area contributed by atoms with Gasteiger partial charge >= 0.3 is 0 Å². The summed E-state index contributed by atoms with van der Waals surface area (Å²) in [6.07, 6.45) is -0.0999. The third kappa shape index (κ3) is 4.22. The molecule has 60 valence electrons. The zero-order chi connectivity index (χ0) is 8.20. The molecule has 0 rings (SSSR count). The SMILES string of the molecule is CCC(O)(O)CC[N+](=O)[O-]. The Morgan fingerprint density at radius 3 is 2.40 bits per heavy atom. The van der Waals surface area contributed by atoms with Crippen LogP contribution in [0, 0.1) is 10.1 Å². The molecule has 0 aromatic heterocycles. The molecule has 0 bridgehead atoms. The van der Waals surface area contributed by atoms with E-state index in [1.165, 1.54) is 0 Å². The van der Waals surface area contributed by atoms with E-state index in [0.29, 0.717) is 0 Å². The van der Waals surface area contributed by atoms with Gasteiger partial charge in [-0.05, 0) is 6.42 Å². The minimum absolute atomic E-state index is 0.112. The lowest BCUT2D eigenvalue weighted by Crippen LogP contribution is -2.29. The van der Waals surface area contributed by atoms with Crippen LogP contribution in [0.15, 0.2) is 0 Å². The van der Waals surface area contributed by atoms with Gasteiger partial charge in [0.15, 0.2) is 5.79 Å². The number of nitrogens with zero attached hydrogens (tertiary/aromatic N) is 1. The van der Waals surface area contributed by atoms with Crippen molar-refractivity contribution in [3.63, 3.8) is 0 Å². The number of rotatable bonds is 4. The summed E-state index contributed by atoms with van der Waals surface area (Å²) in [6, 6.07) is 0. The van der Waals surface area contributed by atoms with E-state index in [0.717, 1.165) is 0 Å². The number of nitro groups is 1. The summed E-state index contributed by atoms with van der Waals surface area (Å²) >= 11 is 0. The van der Waals surface area contributed by atoms with Crippen molar-refractivity contribution < 1.29 is 15.1 Å². The Labute approximate surface area is 58.4 Å². The molecule has 0 saturated carbocycles. The van der Waals surface area contributed by atoms with Crippen LogP contribution >= 0.6 is 0 Å². The highest BCUT2D eigenvalue weighted by Crippen LogP contribution is 2.09. The monoisotopic (exact) mass is 149 g/mol. The molecule has 0 unspecified atom stereocenters. The molecule has 0 aromatic carbocycles. The second-order valence-corrected chi connectivity index (χ2v) is 2.14.